The third-order valence-corrected chi connectivity index (χ3v) is 5.84. The Morgan fingerprint density at radius 2 is 1.04 bits per heavy atom. The Hall–Kier alpha value is -3.12. The molecule has 0 amide bonds. The highest BCUT2D eigenvalue weighted by Crippen LogP contribution is 2.46. The number of hydrogen-bond donors (Lipinski definition) is 0. The monoisotopic (exact) mass is 346 g/mol. The smallest absolute Gasteiger partial charge is 0.000706 e. The van der Waals surface area contributed by atoms with Crippen LogP contribution in [0, 0.1) is 13.8 Å². The molecule has 0 aliphatic heterocycles. The van der Waals surface area contributed by atoms with Crippen molar-refractivity contribution in [2.24, 2.45) is 0 Å². The fourth-order valence-electron chi connectivity index (χ4n) is 4.47. The standard InChI is InChI=1S/C27H22/c1-18-9-3-6-12-21(18)25-16-15-24-23-14-8-5-11-20(23)17-26(24)27(25)22-13-7-4-10-19(22)2/h3-16H,17H2,1-2H3. The van der Waals surface area contributed by atoms with Crippen molar-refractivity contribution in [2.45, 2.75) is 20.3 Å². The summed E-state index contributed by atoms with van der Waals surface area (Å²) in [6.45, 7) is 4.43. The molecule has 130 valence electrons. The topological polar surface area (TPSA) is 0 Å². The van der Waals surface area contributed by atoms with E-state index in [4.69, 9.17) is 0 Å². The maximum absolute atomic E-state index is 2.32. The van der Waals surface area contributed by atoms with E-state index in [0.717, 1.165) is 6.42 Å². The molecule has 0 spiro atoms. The predicted molar refractivity (Wildman–Crippen MR) is 115 cm³/mol. The molecule has 0 heterocycles. The summed E-state index contributed by atoms with van der Waals surface area (Å²) in [5.74, 6) is 0. The van der Waals surface area contributed by atoms with Crippen LogP contribution in [0.4, 0.5) is 0 Å². The highest BCUT2D eigenvalue weighted by Gasteiger charge is 2.24. The summed E-state index contributed by atoms with van der Waals surface area (Å²) in [4.78, 5) is 0. The van der Waals surface area contributed by atoms with E-state index >= 15 is 0 Å². The molecule has 0 nitrogen and oxygen atoms in total. The van der Waals surface area contributed by atoms with Crippen LogP contribution >= 0.6 is 0 Å². The molecule has 27 heavy (non-hydrogen) atoms. The van der Waals surface area contributed by atoms with E-state index in [2.05, 4.69) is 98.8 Å². The van der Waals surface area contributed by atoms with Crippen LogP contribution in [-0.4, -0.2) is 0 Å². The summed E-state index contributed by atoms with van der Waals surface area (Å²) in [6, 6.07) is 31.0. The minimum atomic E-state index is 1.01. The van der Waals surface area contributed by atoms with Crippen LogP contribution < -0.4 is 0 Å². The Kier molecular flexibility index (Phi) is 3.72. The van der Waals surface area contributed by atoms with E-state index in [9.17, 15) is 0 Å². The quantitative estimate of drug-likeness (QED) is 0.317. The van der Waals surface area contributed by atoms with Crippen molar-refractivity contribution in [1.82, 2.24) is 0 Å². The summed E-state index contributed by atoms with van der Waals surface area (Å²) in [5.41, 5.74) is 13.7. The van der Waals surface area contributed by atoms with E-state index in [1.54, 1.807) is 0 Å². The highest BCUT2D eigenvalue weighted by molar-refractivity contribution is 5.94. The number of hydrogen-bond acceptors (Lipinski definition) is 0. The van der Waals surface area contributed by atoms with Crippen molar-refractivity contribution in [3.63, 3.8) is 0 Å². The molecule has 5 rings (SSSR count). The Balaban J connectivity index is 1.86. The molecule has 0 unspecified atom stereocenters. The van der Waals surface area contributed by atoms with Gasteiger partial charge in [-0.2, -0.15) is 0 Å². The lowest BCUT2D eigenvalue weighted by Gasteiger charge is -2.18. The van der Waals surface area contributed by atoms with Crippen LogP contribution in [-0.2, 0) is 6.42 Å². The predicted octanol–water partition coefficient (Wildman–Crippen LogP) is 7.21. The summed E-state index contributed by atoms with van der Waals surface area (Å²) >= 11 is 0. The van der Waals surface area contributed by atoms with Gasteiger partial charge in [-0.1, -0.05) is 84.9 Å². The first kappa shape index (κ1) is 16.1. The molecule has 0 saturated carbocycles. The zero-order valence-corrected chi connectivity index (χ0v) is 15.8. The first-order valence-electron chi connectivity index (χ1n) is 9.60. The fourth-order valence-corrected chi connectivity index (χ4v) is 4.47. The van der Waals surface area contributed by atoms with E-state index in [-0.39, 0.29) is 0 Å². The molecule has 0 radical (unpaired) electrons. The third kappa shape index (κ3) is 2.52. The van der Waals surface area contributed by atoms with Gasteiger partial charge in [0.05, 0.1) is 0 Å². The first-order valence-corrected chi connectivity index (χ1v) is 9.60. The molecular weight excluding hydrogens is 324 g/mol. The first-order chi connectivity index (χ1) is 13.2. The van der Waals surface area contributed by atoms with Crippen LogP contribution in [0.25, 0.3) is 33.4 Å². The number of fused-ring (bicyclic) bond motifs is 3. The zero-order chi connectivity index (χ0) is 18.4. The van der Waals surface area contributed by atoms with Gasteiger partial charge >= 0.3 is 0 Å². The zero-order valence-electron chi connectivity index (χ0n) is 15.8. The molecule has 0 atom stereocenters. The van der Waals surface area contributed by atoms with E-state index in [1.165, 1.54) is 55.6 Å². The fraction of sp³-hybridized carbons (Fsp3) is 0.111. The SMILES string of the molecule is Cc1ccccc1-c1ccc2c(c1-c1ccccc1C)Cc1ccccc1-2. The van der Waals surface area contributed by atoms with Crippen LogP contribution in [0.15, 0.2) is 84.9 Å². The molecule has 4 aromatic carbocycles. The van der Waals surface area contributed by atoms with Gasteiger partial charge in [0.1, 0.15) is 0 Å². The van der Waals surface area contributed by atoms with Gasteiger partial charge in [0.15, 0.2) is 0 Å². The van der Waals surface area contributed by atoms with Gasteiger partial charge in [-0.15, -0.1) is 0 Å². The second kappa shape index (κ2) is 6.25. The Labute approximate surface area is 161 Å². The average Bonchev–Trinajstić information content (AvgIpc) is 3.07. The molecule has 0 saturated heterocycles. The minimum absolute atomic E-state index is 1.01. The summed E-state index contributed by atoms with van der Waals surface area (Å²) in [6.07, 6.45) is 1.01. The van der Waals surface area contributed by atoms with Gasteiger partial charge in [0.25, 0.3) is 0 Å². The number of rotatable bonds is 2. The summed E-state index contributed by atoms with van der Waals surface area (Å²) in [5, 5.41) is 0. The van der Waals surface area contributed by atoms with Crippen LogP contribution in [0.2, 0.25) is 0 Å². The van der Waals surface area contributed by atoms with Gasteiger partial charge < -0.3 is 0 Å². The van der Waals surface area contributed by atoms with E-state index < -0.39 is 0 Å². The molecule has 0 fully saturated rings. The van der Waals surface area contributed by atoms with Gasteiger partial charge in [0, 0.05) is 0 Å². The molecular formula is C27H22. The lowest BCUT2D eigenvalue weighted by atomic mass is 9.85. The Morgan fingerprint density at radius 3 is 1.74 bits per heavy atom. The van der Waals surface area contributed by atoms with Gasteiger partial charge in [0.2, 0.25) is 0 Å². The summed E-state index contributed by atoms with van der Waals surface area (Å²) < 4.78 is 0. The van der Waals surface area contributed by atoms with Crippen molar-refractivity contribution in [3.8, 4) is 33.4 Å². The molecule has 4 aromatic rings. The van der Waals surface area contributed by atoms with E-state index in [1.807, 2.05) is 0 Å². The normalized spacial score (nSPS) is 11.9. The van der Waals surface area contributed by atoms with Crippen molar-refractivity contribution < 1.29 is 0 Å². The summed E-state index contributed by atoms with van der Waals surface area (Å²) in [7, 11) is 0. The maximum Gasteiger partial charge on any atom is -0.000706 e. The van der Waals surface area contributed by atoms with Crippen molar-refractivity contribution in [2.75, 3.05) is 0 Å². The molecule has 0 aromatic heterocycles. The Bertz CT molecular complexity index is 1160. The lowest BCUT2D eigenvalue weighted by molar-refractivity contribution is 1.26. The van der Waals surface area contributed by atoms with Crippen molar-refractivity contribution in [3.05, 3.63) is 107 Å². The number of benzene rings is 4. The maximum atomic E-state index is 2.32. The van der Waals surface area contributed by atoms with Gasteiger partial charge in [-0.3, -0.25) is 0 Å². The molecule has 1 aliphatic carbocycles. The second-order valence-electron chi connectivity index (χ2n) is 7.48. The van der Waals surface area contributed by atoms with Crippen LogP contribution in [0.1, 0.15) is 22.3 Å². The molecule has 1 aliphatic rings. The molecule has 0 heteroatoms. The highest BCUT2D eigenvalue weighted by atomic mass is 14.3. The van der Waals surface area contributed by atoms with Crippen LogP contribution in [0.3, 0.4) is 0 Å². The second-order valence-corrected chi connectivity index (χ2v) is 7.48. The van der Waals surface area contributed by atoms with Crippen molar-refractivity contribution in [1.29, 1.82) is 0 Å². The van der Waals surface area contributed by atoms with Gasteiger partial charge in [-0.25, -0.2) is 0 Å². The van der Waals surface area contributed by atoms with Crippen LogP contribution in [0.5, 0.6) is 0 Å². The Morgan fingerprint density at radius 1 is 0.481 bits per heavy atom. The molecule has 0 N–H and O–H groups in total. The number of aryl methyl sites for hydroxylation is 2. The average molecular weight is 346 g/mol. The largest absolute Gasteiger partial charge is 0.0620 e. The third-order valence-electron chi connectivity index (χ3n) is 5.84. The molecule has 0 bridgehead atoms. The van der Waals surface area contributed by atoms with Gasteiger partial charge in [-0.05, 0) is 75.9 Å². The van der Waals surface area contributed by atoms with Crippen molar-refractivity contribution >= 4 is 0 Å². The minimum Gasteiger partial charge on any atom is -0.0620 e. The lowest BCUT2D eigenvalue weighted by Crippen LogP contribution is -1.95. The van der Waals surface area contributed by atoms with E-state index in [0.29, 0.717) is 0 Å².